The summed E-state index contributed by atoms with van der Waals surface area (Å²) in [6, 6.07) is 9.18. The van der Waals surface area contributed by atoms with Crippen molar-refractivity contribution >= 4 is 0 Å². The zero-order chi connectivity index (χ0) is 14.4. The highest BCUT2D eigenvalue weighted by Gasteiger charge is 2.39. The van der Waals surface area contributed by atoms with Gasteiger partial charge >= 0.3 is 0 Å². The fourth-order valence-electron chi connectivity index (χ4n) is 3.60. The molecule has 1 fully saturated rings. The first-order chi connectivity index (χ1) is 9.72. The molecule has 2 rings (SSSR count). The summed E-state index contributed by atoms with van der Waals surface area (Å²) in [4.78, 5) is 0. The second-order valence-electron chi connectivity index (χ2n) is 6.09. The topological polar surface area (TPSA) is 21.3 Å². The molecule has 1 unspecified atom stereocenters. The van der Waals surface area contributed by atoms with Crippen molar-refractivity contribution in [2.45, 2.75) is 64.0 Å². The number of hydrogen-bond acceptors (Lipinski definition) is 2. The maximum atomic E-state index is 6.11. The number of benzene rings is 1. The smallest absolute Gasteiger partial charge is 0.0872 e. The molecule has 0 aliphatic heterocycles. The van der Waals surface area contributed by atoms with Crippen molar-refractivity contribution in [3.05, 3.63) is 35.4 Å². The summed E-state index contributed by atoms with van der Waals surface area (Å²) in [6.07, 6.45) is 7.57. The summed E-state index contributed by atoms with van der Waals surface area (Å²) in [6.45, 7) is 5.33. The number of rotatable bonds is 5. The molecule has 0 aromatic heterocycles. The van der Waals surface area contributed by atoms with Crippen LogP contribution in [-0.2, 0) is 4.74 Å². The van der Waals surface area contributed by atoms with Crippen molar-refractivity contribution in [2.24, 2.45) is 0 Å². The normalized spacial score (nSPS) is 20.4. The third-order valence-electron chi connectivity index (χ3n) is 4.67. The van der Waals surface area contributed by atoms with Crippen LogP contribution in [0.25, 0.3) is 0 Å². The fraction of sp³-hybridized carbons (Fsp3) is 0.667. The zero-order valence-corrected chi connectivity index (χ0v) is 13.2. The van der Waals surface area contributed by atoms with E-state index in [2.05, 4.69) is 43.4 Å². The van der Waals surface area contributed by atoms with Gasteiger partial charge in [-0.15, -0.1) is 0 Å². The van der Waals surface area contributed by atoms with Gasteiger partial charge in [-0.25, -0.2) is 0 Å². The Morgan fingerprint density at radius 1 is 1.20 bits per heavy atom. The fourth-order valence-corrected chi connectivity index (χ4v) is 3.60. The van der Waals surface area contributed by atoms with Crippen molar-refractivity contribution < 1.29 is 4.74 Å². The lowest BCUT2D eigenvalue weighted by atomic mass is 9.81. The van der Waals surface area contributed by atoms with Crippen molar-refractivity contribution in [1.29, 1.82) is 0 Å². The number of hydrogen-bond donors (Lipinski definition) is 1. The van der Waals surface area contributed by atoms with E-state index in [9.17, 15) is 0 Å². The predicted molar refractivity (Wildman–Crippen MR) is 85.0 cm³/mol. The van der Waals surface area contributed by atoms with E-state index in [0.717, 1.165) is 19.4 Å². The van der Waals surface area contributed by atoms with Gasteiger partial charge in [-0.2, -0.15) is 0 Å². The number of methoxy groups -OCH3 is 1. The average Bonchev–Trinajstić information content (AvgIpc) is 2.71. The van der Waals surface area contributed by atoms with Crippen LogP contribution in [0, 0.1) is 6.92 Å². The van der Waals surface area contributed by atoms with Crippen LogP contribution in [0.2, 0.25) is 0 Å². The minimum atomic E-state index is -0.0414. The molecule has 1 aromatic rings. The zero-order valence-electron chi connectivity index (χ0n) is 13.2. The van der Waals surface area contributed by atoms with Gasteiger partial charge in [0.2, 0.25) is 0 Å². The van der Waals surface area contributed by atoms with Gasteiger partial charge in [0.1, 0.15) is 0 Å². The maximum absolute atomic E-state index is 6.11. The van der Waals surface area contributed by atoms with Gasteiger partial charge in [-0.3, -0.25) is 0 Å². The molecule has 112 valence electrons. The Bertz CT molecular complexity index is 408. The Hall–Kier alpha value is -0.860. The lowest BCUT2D eigenvalue weighted by Crippen LogP contribution is -2.45. The van der Waals surface area contributed by atoms with E-state index in [-0.39, 0.29) is 5.60 Å². The van der Waals surface area contributed by atoms with Gasteiger partial charge in [-0.1, -0.05) is 62.4 Å². The SMILES string of the molecule is CCNC(c1cccc(C)c1)C1(OC)CCCCCC1. The second kappa shape index (κ2) is 7.24. The van der Waals surface area contributed by atoms with Gasteiger partial charge in [0.25, 0.3) is 0 Å². The van der Waals surface area contributed by atoms with Crippen molar-refractivity contribution in [2.75, 3.05) is 13.7 Å². The Labute approximate surface area is 123 Å². The Kier molecular flexibility index (Phi) is 5.62. The highest BCUT2D eigenvalue weighted by Crippen LogP contribution is 2.40. The monoisotopic (exact) mass is 275 g/mol. The first kappa shape index (κ1) is 15.5. The molecule has 2 heteroatoms. The van der Waals surface area contributed by atoms with Gasteiger partial charge in [0.15, 0.2) is 0 Å². The Balaban J connectivity index is 2.33. The standard InChI is InChI=1S/C18H29NO/c1-4-19-17(16-11-9-10-15(2)14-16)18(20-3)12-7-5-6-8-13-18/h9-11,14,17,19H,4-8,12-13H2,1-3H3. The van der Waals surface area contributed by atoms with E-state index in [1.54, 1.807) is 0 Å². The minimum absolute atomic E-state index is 0.0414. The molecule has 1 aliphatic carbocycles. The molecule has 1 N–H and O–H groups in total. The van der Waals surface area contributed by atoms with Gasteiger partial charge in [0.05, 0.1) is 11.6 Å². The summed E-state index contributed by atoms with van der Waals surface area (Å²) >= 11 is 0. The predicted octanol–water partition coefficient (Wildman–Crippen LogP) is 4.39. The van der Waals surface area contributed by atoms with Crippen LogP contribution in [0.1, 0.15) is 62.6 Å². The number of ether oxygens (including phenoxy) is 1. The molecular formula is C18H29NO. The Morgan fingerprint density at radius 2 is 1.90 bits per heavy atom. The van der Waals surface area contributed by atoms with Crippen LogP contribution in [0.5, 0.6) is 0 Å². The molecule has 0 radical (unpaired) electrons. The van der Waals surface area contributed by atoms with Crippen LogP contribution < -0.4 is 5.32 Å². The molecular weight excluding hydrogens is 246 g/mol. The molecule has 20 heavy (non-hydrogen) atoms. The molecule has 1 aliphatic rings. The van der Waals surface area contributed by atoms with E-state index in [1.807, 2.05) is 7.11 Å². The maximum Gasteiger partial charge on any atom is 0.0872 e. The van der Waals surface area contributed by atoms with Crippen LogP contribution in [-0.4, -0.2) is 19.3 Å². The Morgan fingerprint density at radius 3 is 2.45 bits per heavy atom. The van der Waals surface area contributed by atoms with Gasteiger partial charge in [-0.05, 0) is 31.9 Å². The van der Waals surface area contributed by atoms with E-state index in [4.69, 9.17) is 4.74 Å². The van der Waals surface area contributed by atoms with E-state index in [1.165, 1.54) is 36.8 Å². The first-order valence-electron chi connectivity index (χ1n) is 8.07. The van der Waals surface area contributed by atoms with Crippen molar-refractivity contribution in [3.63, 3.8) is 0 Å². The number of aryl methyl sites for hydroxylation is 1. The molecule has 0 saturated heterocycles. The van der Waals surface area contributed by atoms with Crippen LogP contribution >= 0.6 is 0 Å². The molecule has 1 saturated carbocycles. The average molecular weight is 275 g/mol. The molecule has 1 aromatic carbocycles. The minimum Gasteiger partial charge on any atom is -0.376 e. The third kappa shape index (κ3) is 3.42. The first-order valence-corrected chi connectivity index (χ1v) is 8.07. The lowest BCUT2D eigenvalue weighted by molar-refractivity contribution is -0.0537. The molecule has 0 bridgehead atoms. The van der Waals surface area contributed by atoms with E-state index >= 15 is 0 Å². The van der Waals surface area contributed by atoms with Crippen LogP contribution in [0.3, 0.4) is 0 Å². The molecule has 0 amide bonds. The largest absolute Gasteiger partial charge is 0.376 e. The van der Waals surface area contributed by atoms with Gasteiger partial charge < -0.3 is 10.1 Å². The lowest BCUT2D eigenvalue weighted by Gasteiger charge is -2.40. The molecule has 0 spiro atoms. The van der Waals surface area contributed by atoms with Gasteiger partial charge in [0, 0.05) is 7.11 Å². The van der Waals surface area contributed by atoms with Crippen LogP contribution in [0.4, 0.5) is 0 Å². The second-order valence-corrected chi connectivity index (χ2v) is 6.09. The summed E-state index contributed by atoms with van der Waals surface area (Å²) in [7, 11) is 1.89. The number of likely N-dealkylation sites (N-methyl/N-ethyl adjacent to an activating group) is 1. The van der Waals surface area contributed by atoms with Crippen LogP contribution in [0.15, 0.2) is 24.3 Å². The van der Waals surface area contributed by atoms with E-state index in [0.29, 0.717) is 6.04 Å². The van der Waals surface area contributed by atoms with E-state index < -0.39 is 0 Å². The third-order valence-corrected chi connectivity index (χ3v) is 4.67. The summed E-state index contributed by atoms with van der Waals surface area (Å²) in [5.41, 5.74) is 2.65. The van der Waals surface area contributed by atoms with Crippen molar-refractivity contribution in [1.82, 2.24) is 5.32 Å². The number of nitrogens with one attached hydrogen (secondary N) is 1. The molecule has 1 atom stereocenters. The molecule has 2 nitrogen and oxygen atoms in total. The summed E-state index contributed by atoms with van der Waals surface area (Å²) < 4.78 is 6.11. The summed E-state index contributed by atoms with van der Waals surface area (Å²) in [5.74, 6) is 0. The van der Waals surface area contributed by atoms with Crippen molar-refractivity contribution in [3.8, 4) is 0 Å². The highest BCUT2D eigenvalue weighted by molar-refractivity contribution is 5.27. The summed E-state index contributed by atoms with van der Waals surface area (Å²) in [5, 5.41) is 3.69. The molecule has 0 heterocycles. The highest BCUT2D eigenvalue weighted by atomic mass is 16.5. The quantitative estimate of drug-likeness (QED) is 0.805.